The molecular formula is C22H22N2O2. The van der Waals surface area contributed by atoms with Crippen LogP contribution in [-0.4, -0.2) is 23.8 Å². The van der Waals surface area contributed by atoms with Crippen molar-refractivity contribution in [1.29, 1.82) is 0 Å². The molecule has 2 aromatic carbocycles. The summed E-state index contributed by atoms with van der Waals surface area (Å²) in [5.74, 6) is 1.21. The summed E-state index contributed by atoms with van der Waals surface area (Å²) in [7, 11) is 1.67. The van der Waals surface area contributed by atoms with E-state index in [9.17, 15) is 4.79 Å². The van der Waals surface area contributed by atoms with Crippen LogP contribution in [0.4, 0.5) is 5.69 Å². The molecule has 0 aliphatic carbocycles. The molecule has 0 radical (unpaired) electrons. The molecule has 4 nitrogen and oxygen atoms in total. The van der Waals surface area contributed by atoms with Gasteiger partial charge < -0.3 is 4.74 Å². The van der Waals surface area contributed by atoms with Gasteiger partial charge in [-0.15, -0.1) is 0 Å². The minimum Gasteiger partial charge on any atom is -0.497 e. The van der Waals surface area contributed by atoms with Crippen LogP contribution in [0.1, 0.15) is 36.8 Å². The maximum absolute atomic E-state index is 12.4. The monoisotopic (exact) mass is 346 g/mol. The summed E-state index contributed by atoms with van der Waals surface area (Å²) in [6, 6.07) is 16.3. The fourth-order valence-corrected chi connectivity index (χ4v) is 4.58. The number of fused-ring (bicyclic) bond motifs is 2. The Balaban J connectivity index is 1.68. The van der Waals surface area contributed by atoms with E-state index in [1.54, 1.807) is 7.11 Å². The van der Waals surface area contributed by atoms with Crippen molar-refractivity contribution in [3.8, 4) is 5.75 Å². The second-order valence-electron chi connectivity index (χ2n) is 7.28. The molecule has 4 heteroatoms. The van der Waals surface area contributed by atoms with Gasteiger partial charge in [0.2, 0.25) is 0 Å². The van der Waals surface area contributed by atoms with Crippen LogP contribution in [0.5, 0.6) is 5.75 Å². The van der Waals surface area contributed by atoms with Crippen LogP contribution in [0.15, 0.2) is 48.5 Å². The molecule has 2 fully saturated rings. The SMILES string of the molecule is [C-]#[N+]c1ccc(C23CCC(CC(=O)C2)N3Cc2ccc(OC)cc2)cc1. The molecular weight excluding hydrogens is 324 g/mol. The van der Waals surface area contributed by atoms with Crippen molar-refractivity contribution < 1.29 is 9.53 Å². The molecule has 2 unspecified atom stereocenters. The zero-order chi connectivity index (χ0) is 18.1. The van der Waals surface area contributed by atoms with Gasteiger partial charge in [-0.2, -0.15) is 0 Å². The van der Waals surface area contributed by atoms with E-state index in [1.165, 1.54) is 5.56 Å². The predicted octanol–water partition coefficient (Wildman–Crippen LogP) is 4.47. The number of carbonyl (C=O) groups is 1. The molecule has 0 saturated carbocycles. The van der Waals surface area contributed by atoms with Crippen LogP contribution in [0.2, 0.25) is 0 Å². The molecule has 0 spiro atoms. The molecule has 2 heterocycles. The lowest BCUT2D eigenvalue weighted by Gasteiger charge is -2.45. The van der Waals surface area contributed by atoms with E-state index in [-0.39, 0.29) is 5.54 Å². The second-order valence-corrected chi connectivity index (χ2v) is 7.28. The van der Waals surface area contributed by atoms with E-state index < -0.39 is 0 Å². The Labute approximate surface area is 154 Å². The summed E-state index contributed by atoms with van der Waals surface area (Å²) < 4.78 is 5.26. The van der Waals surface area contributed by atoms with Gasteiger partial charge in [0.1, 0.15) is 11.5 Å². The van der Waals surface area contributed by atoms with E-state index in [0.29, 0.717) is 30.4 Å². The summed E-state index contributed by atoms with van der Waals surface area (Å²) in [5, 5.41) is 0. The Hall–Kier alpha value is -2.64. The molecule has 4 rings (SSSR count). The van der Waals surface area contributed by atoms with E-state index >= 15 is 0 Å². The summed E-state index contributed by atoms with van der Waals surface area (Å²) >= 11 is 0. The fraction of sp³-hybridized carbons (Fsp3) is 0.364. The Morgan fingerprint density at radius 2 is 1.92 bits per heavy atom. The number of hydrogen-bond donors (Lipinski definition) is 0. The summed E-state index contributed by atoms with van der Waals surface area (Å²) in [4.78, 5) is 18.4. The van der Waals surface area contributed by atoms with Crippen molar-refractivity contribution in [3.05, 3.63) is 71.1 Å². The smallest absolute Gasteiger partial charge is 0.187 e. The molecule has 2 aromatic rings. The third kappa shape index (κ3) is 2.79. The van der Waals surface area contributed by atoms with Gasteiger partial charge in [0.05, 0.1) is 19.2 Å². The van der Waals surface area contributed by atoms with E-state index in [0.717, 1.165) is 30.7 Å². The quantitative estimate of drug-likeness (QED) is 0.766. The van der Waals surface area contributed by atoms with Crippen molar-refractivity contribution in [2.24, 2.45) is 0 Å². The summed E-state index contributed by atoms with van der Waals surface area (Å²) in [6.07, 6.45) is 3.26. The van der Waals surface area contributed by atoms with Crippen LogP contribution in [0.3, 0.4) is 0 Å². The highest BCUT2D eigenvalue weighted by atomic mass is 16.5. The first-order chi connectivity index (χ1) is 12.6. The number of nitrogens with zero attached hydrogens (tertiary/aromatic N) is 2. The maximum Gasteiger partial charge on any atom is 0.187 e. The first-order valence-corrected chi connectivity index (χ1v) is 9.04. The Morgan fingerprint density at radius 1 is 1.19 bits per heavy atom. The lowest BCUT2D eigenvalue weighted by atomic mass is 9.80. The number of ether oxygens (including phenoxy) is 1. The normalized spacial score (nSPS) is 25.1. The molecule has 2 aliphatic heterocycles. The van der Waals surface area contributed by atoms with Gasteiger partial charge in [0.15, 0.2) is 5.69 Å². The highest BCUT2D eigenvalue weighted by molar-refractivity contribution is 5.82. The first kappa shape index (κ1) is 16.8. The topological polar surface area (TPSA) is 33.9 Å². The van der Waals surface area contributed by atoms with Crippen LogP contribution >= 0.6 is 0 Å². The Kier molecular flexibility index (Phi) is 4.26. The number of Topliss-reactive ketones (excluding diaryl/α,β-unsaturated/α-hetero) is 1. The van der Waals surface area contributed by atoms with Crippen molar-refractivity contribution in [2.45, 2.75) is 43.8 Å². The largest absolute Gasteiger partial charge is 0.497 e. The zero-order valence-electron chi connectivity index (χ0n) is 14.9. The van der Waals surface area contributed by atoms with Crippen LogP contribution in [0, 0.1) is 6.57 Å². The number of rotatable bonds is 4. The molecule has 2 bridgehead atoms. The first-order valence-electron chi connectivity index (χ1n) is 9.04. The molecule has 0 aromatic heterocycles. The minimum atomic E-state index is -0.236. The third-order valence-electron chi connectivity index (χ3n) is 5.88. The number of benzene rings is 2. The predicted molar refractivity (Wildman–Crippen MR) is 100 cm³/mol. The van der Waals surface area contributed by atoms with E-state index in [1.807, 2.05) is 36.4 Å². The number of hydrogen-bond acceptors (Lipinski definition) is 3. The highest BCUT2D eigenvalue weighted by Gasteiger charge is 2.52. The van der Waals surface area contributed by atoms with Crippen LogP contribution in [-0.2, 0) is 16.9 Å². The summed E-state index contributed by atoms with van der Waals surface area (Å²) in [6.45, 7) is 7.99. The van der Waals surface area contributed by atoms with Crippen molar-refractivity contribution in [2.75, 3.05) is 7.11 Å². The summed E-state index contributed by atoms with van der Waals surface area (Å²) in [5.41, 5.74) is 2.80. The Morgan fingerprint density at radius 3 is 2.58 bits per heavy atom. The lowest BCUT2D eigenvalue weighted by molar-refractivity contribution is -0.127. The van der Waals surface area contributed by atoms with Crippen molar-refractivity contribution in [3.63, 3.8) is 0 Å². The van der Waals surface area contributed by atoms with Gasteiger partial charge in [-0.25, -0.2) is 4.85 Å². The van der Waals surface area contributed by atoms with Crippen LogP contribution in [0.25, 0.3) is 4.85 Å². The van der Waals surface area contributed by atoms with Gasteiger partial charge in [0.25, 0.3) is 0 Å². The van der Waals surface area contributed by atoms with Gasteiger partial charge >= 0.3 is 0 Å². The number of piperidine rings is 1. The molecule has 2 saturated heterocycles. The van der Waals surface area contributed by atoms with Gasteiger partial charge in [-0.3, -0.25) is 9.69 Å². The fourth-order valence-electron chi connectivity index (χ4n) is 4.58. The highest BCUT2D eigenvalue weighted by Crippen LogP contribution is 2.50. The van der Waals surface area contributed by atoms with Crippen molar-refractivity contribution >= 4 is 11.5 Å². The third-order valence-corrected chi connectivity index (χ3v) is 5.88. The minimum absolute atomic E-state index is 0.236. The average Bonchev–Trinajstić information content (AvgIpc) is 2.89. The maximum atomic E-state index is 12.4. The molecule has 2 aliphatic rings. The second kappa shape index (κ2) is 6.59. The molecule has 0 amide bonds. The molecule has 132 valence electrons. The average molecular weight is 346 g/mol. The Bertz CT molecular complexity index is 851. The van der Waals surface area contributed by atoms with Crippen LogP contribution < -0.4 is 4.74 Å². The molecule has 2 atom stereocenters. The number of carbonyl (C=O) groups excluding carboxylic acids is 1. The van der Waals surface area contributed by atoms with Gasteiger partial charge in [-0.05, 0) is 36.1 Å². The van der Waals surface area contributed by atoms with Gasteiger partial charge in [0, 0.05) is 25.4 Å². The van der Waals surface area contributed by atoms with E-state index in [4.69, 9.17) is 11.3 Å². The lowest BCUT2D eigenvalue weighted by Crippen LogP contribution is -2.50. The van der Waals surface area contributed by atoms with Crippen molar-refractivity contribution in [1.82, 2.24) is 4.90 Å². The zero-order valence-corrected chi connectivity index (χ0v) is 14.9. The van der Waals surface area contributed by atoms with Gasteiger partial charge in [-0.1, -0.05) is 36.4 Å². The molecule has 26 heavy (non-hydrogen) atoms. The molecule has 0 N–H and O–H groups in total. The standard InChI is InChI=1S/C22H22N2O2/c1-23-18-7-5-17(6-8-18)22-12-11-19(13-20(25)14-22)24(22)15-16-3-9-21(26-2)10-4-16/h3-10,19H,11-15H2,2H3. The number of ketones is 1. The van der Waals surface area contributed by atoms with E-state index in [2.05, 4.69) is 21.9 Å². The number of methoxy groups -OCH3 is 1.